The van der Waals surface area contributed by atoms with Crippen molar-refractivity contribution in [3.05, 3.63) is 29.3 Å². The van der Waals surface area contributed by atoms with E-state index in [0.29, 0.717) is 5.56 Å². The van der Waals surface area contributed by atoms with Crippen molar-refractivity contribution in [3.63, 3.8) is 0 Å². The average Bonchev–Trinajstić information content (AvgIpc) is 2.58. The summed E-state index contributed by atoms with van der Waals surface area (Å²) in [6.07, 6.45) is -1.46. The normalized spacial score (nSPS) is 11.5. The molecule has 0 unspecified atom stereocenters. The zero-order valence-corrected chi connectivity index (χ0v) is 18.4. The van der Waals surface area contributed by atoms with Crippen LogP contribution in [0.25, 0.3) is 0 Å². The predicted molar refractivity (Wildman–Crippen MR) is 109 cm³/mol. The highest BCUT2D eigenvalue weighted by atomic mass is 16.7. The van der Waals surface area contributed by atoms with Crippen LogP contribution in [0.1, 0.15) is 57.5 Å². The number of nitrogens with one attached hydrogen (secondary N) is 1. The number of amides is 1. The number of alkyl carbamates (subject to hydrolysis) is 1. The number of hydrogen-bond donors (Lipinski definition) is 2. The fourth-order valence-corrected chi connectivity index (χ4v) is 2.34. The Bertz CT molecular complexity index is 746. The van der Waals surface area contributed by atoms with E-state index >= 15 is 0 Å². The van der Waals surface area contributed by atoms with Gasteiger partial charge in [-0.1, -0.05) is 20.8 Å². The summed E-state index contributed by atoms with van der Waals surface area (Å²) in [4.78, 5) is 34.6. The topological polar surface area (TPSA) is 120 Å². The summed E-state index contributed by atoms with van der Waals surface area (Å²) in [7, 11) is 0. The molecule has 9 nitrogen and oxygen atoms in total. The molecule has 0 aromatic heterocycles. The van der Waals surface area contributed by atoms with E-state index in [1.165, 1.54) is 18.2 Å². The molecule has 2 N–H and O–H groups in total. The number of carboxylic acid groups (broad SMARTS) is 1. The molecule has 0 atom stereocenters. The molecule has 30 heavy (non-hydrogen) atoms. The van der Waals surface area contributed by atoms with Crippen LogP contribution < -0.4 is 10.1 Å². The second-order valence-electron chi connectivity index (χ2n) is 8.50. The first kappa shape index (κ1) is 25.2. The molecule has 0 spiro atoms. The predicted octanol–water partition coefficient (Wildman–Crippen LogP) is 3.74. The zero-order chi connectivity index (χ0) is 22.9. The molecule has 0 saturated heterocycles. The smallest absolute Gasteiger partial charge is 0.478 e. The van der Waals surface area contributed by atoms with Crippen LogP contribution >= 0.6 is 0 Å². The third kappa shape index (κ3) is 9.60. The maximum Gasteiger partial charge on any atom is 0.513 e. The van der Waals surface area contributed by atoms with Gasteiger partial charge in [-0.3, -0.25) is 0 Å². The van der Waals surface area contributed by atoms with Crippen molar-refractivity contribution in [2.24, 2.45) is 0 Å². The number of ether oxygens (including phenoxy) is 4. The van der Waals surface area contributed by atoms with Crippen LogP contribution in [-0.4, -0.2) is 55.3 Å². The Labute approximate surface area is 176 Å². The Morgan fingerprint density at radius 2 is 1.67 bits per heavy atom. The Morgan fingerprint density at radius 1 is 1.00 bits per heavy atom. The summed E-state index contributed by atoms with van der Waals surface area (Å²) in [5, 5.41) is 11.9. The van der Waals surface area contributed by atoms with Crippen LogP contribution in [0.4, 0.5) is 9.59 Å². The van der Waals surface area contributed by atoms with E-state index in [9.17, 15) is 19.5 Å². The summed E-state index contributed by atoms with van der Waals surface area (Å²) in [5.74, 6) is -0.857. The van der Waals surface area contributed by atoms with E-state index in [0.717, 1.165) is 0 Å². The van der Waals surface area contributed by atoms with Crippen molar-refractivity contribution < 1.29 is 38.4 Å². The van der Waals surface area contributed by atoms with E-state index in [-0.39, 0.29) is 37.7 Å². The van der Waals surface area contributed by atoms with Crippen LogP contribution in [0, 0.1) is 0 Å². The number of benzene rings is 1. The monoisotopic (exact) mass is 425 g/mol. The molecule has 0 fully saturated rings. The third-order valence-electron chi connectivity index (χ3n) is 3.59. The Kier molecular flexibility index (Phi) is 9.10. The zero-order valence-electron chi connectivity index (χ0n) is 18.4. The lowest BCUT2D eigenvalue weighted by Crippen LogP contribution is -2.34. The minimum Gasteiger partial charge on any atom is -0.478 e. The molecule has 1 aromatic carbocycles. The molecule has 0 bridgehead atoms. The van der Waals surface area contributed by atoms with Gasteiger partial charge in [0.05, 0.1) is 18.8 Å². The van der Waals surface area contributed by atoms with Gasteiger partial charge >= 0.3 is 18.2 Å². The van der Waals surface area contributed by atoms with Crippen molar-refractivity contribution in [1.29, 1.82) is 0 Å². The van der Waals surface area contributed by atoms with Gasteiger partial charge in [-0.15, -0.1) is 0 Å². The molecule has 0 radical (unpaired) electrons. The first-order valence-electron chi connectivity index (χ1n) is 9.56. The number of carbonyl (C=O) groups is 3. The first-order chi connectivity index (χ1) is 13.8. The minimum atomic E-state index is -1.05. The SMILES string of the molecule is CC(C)(C)OC(=O)NCCOCCOC(=O)Oc1ccc(C(=O)O)c(C(C)(C)C)c1. The van der Waals surface area contributed by atoms with E-state index in [4.69, 9.17) is 18.9 Å². The third-order valence-corrected chi connectivity index (χ3v) is 3.59. The van der Waals surface area contributed by atoms with Crippen LogP contribution in [0.2, 0.25) is 0 Å². The maximum atomic E-state index is 11.8. The van der Waals surface area contributed by atoms with Gasteiger partial charge in [0.25, 0.3) is 0 Å². The van der Waals surface area contributed by atoms with Gasteiger partial charge < -0.3 is 29.4 Å². The molecule has 0 aliphatic carbocycles. The summed E-state index contributed by atoms with van der Waals surface area (Å²) in [6, 6.07) is 4.31. The van der Waals surface area contributed by atoms with Crippen molar-refractivity contribution in [2.75, 3.05) is 26.4 Å². The maximum absolute atomic E-state index is 11.8. The highest BCUT2D eigenvalue weighted by Gasteiger charge is 2.23. The highest BCUT2D eigenvalue weighted by molar-refractivity contribution is 5.90. The molecule has 0 saturated carbocycles. The van der Waals surface area contributed by atoms with Gasteiger partial charge in [-0.2, -0.15) is 0 Å². The average molecular weight is 425 g/mol. The molecular formula is C21H31NO8. The van der Waals surface area contributed by atoms with Gasteiger partial charge in [-0.25, -0.2) is 14.4 Å². The molecule has 1 aromatic rings. The van der Waals surface area contributed by atoms with Crippen molar-refractivity contribution in [1.82, 2.24) is 5.32 Å². The van der Waals surface area contributed by atoms with Crippen LogP contribution in [0.15, 0.2) is 18.2 Å². The standard InChI is InChI=1S/C21H31NO8/c1-20(2,3)16-13-14(7-8-15(16)17(23)24)29-19(26)28-12-11-27-10-9-22-18(25)30-21(4,5)6/h7-8,13H,9-12H2,1-6H3,(H,22,25)(H,23,24). The van der Waals surface area contributed by atoms with E-state index in [1.54, 1.807) is 20.8 Å². The molecular weight excluding hydrogens is 394 g/mol. The Balaban J connectivity index is 2.36. The van der Waals surface area contributed by atoms with Gasteiger partial charge in [0.15, 0.2) is 0 Å². The lowest BCUT2D eigenvalue weighted by atomic mass is 9.83. The second kappa shape index (κ2) is 10.8. The van der Waals surface area contributed by atoms with Crippen LogP contribution in [-0.2, 0) is 19.6 Å². The van der Waals surface area contributed by atoms with Gasteiger partial charge in [-0.05, 0) is 49.9 Å². The summed E-state index contributed by atoms with van der Waals surface area (Å²) >= 11 is 0. The quantitative estimate of drug-likeness (QED) is 0.367. The molecule has 9 heteroatoms. The number of hydrogen-bond acceptors (Lipinski definition) is 7. The van der Waals surface area contributed by atoms with E-state index < -0.39 is 29.2 Å². The minimum absolute atomic E-state index is 0.0371. The number of carbonyl (C=O) groups excluding carboxylic acids is 2. The summed E-state index contributed by atoms with van der Waals surface area (Å²) in [5.41, 5.74) is -0.323. The molecule has 168 valence electrons. The van der Waals surface area contributed by atoms with Gasteiger partial charge in [0.2, 0.25) is 0 Å². The van der Waals surface area contributed by atoms with Crippen molar-refractivity contribution >= 4 is 18.2 Å². The van der Waals surface area contributed by atoms with Crippen molar-refractivity contribution in [3.8, 4) is 5.75 Å². The summed E-state index contributed by atoms with van der Waals surface area (Å²) < 4.78 is 20.4. The molecule has 0 heterocycles. The van der Waals surface area contributed by atoms with Gasteiger partial charge in [0, 0.05) is 6.54 Å². The molecule has 1 amide bonds. The van der Waals surface area contributed by atoms with Crippen LogP contribution in [0.3, 0.4) is 0 Å². The fourth-order valence-electron chi connectivity index (χ4n) is 2.34. The van der Waals surface area contributed by atoms with Gasteiger partial charge in [0.1, 0.15) is 18.0 Å². The number of rotatable bonds is 8. The largest absolute Gasteiger partial charge is 0.513 e. The molecule has 1 rings (SSSR count). The highest BCUT2D eigenvalue weighted by Crippen LogP contribution is 2.29. The molecule has 0 aliphatic rings. The lowest BCUT2D eigenvalue weighted by molar-refractivity contribution is 0.0433. The van der Waals surface area contributed by atoms with Crippen LogP contribution in [0.5, 0.6) is 5.75 Å². The summed E-state index contributed by atoms with van der Waals surface area (Å²) in [6.45, 7) is 11.5. The Morgan fingerprint density at radius 3 is 2.23 bits per heavy atom. The fraction of sp³-hybridized carbons (Fsp3) is 0.571. The first-order valence-corrected chi connectivity index (χ1v) is 9.56. The lowest BCUT2D eigenvalue weighted by Gasteiger charge is -2.22. The Hall–Kier alpha value is -2.81. The van der Waals surface area contributed by atoms with E-state index in [2.05, 4.69) is 5.32 Å². The van der Waals surface area contributed by atoms with E-state index in [1.807, 2.05) is 20.8 Å². The van der Waals surface area contributed by atoms with Crippen molar-refractivity contribution in [2.45, 2.75) is 52.6 Å². The number of aromatic carboxylic acids is 1. The molecule has 0 aliphatic heterocycles. The second-order valence-corrected chi connectivity index (χ2v) is 8.50. The number of carboxylic acids is 1.